The summed E-state index contributed by atoms with van der Waals surface area (Å²) in [6.07, 6.45) is 7.41. The predicted molar refractivity (Wildman–Crippen MR) is 85.2 cm³/mol. The molecule has 1 fully saturated rings. The molecule has 1 aliphatic carbocycles. The second-order valence-corrected chi connectivity index (χ2v) is 7.33. The number of carbonyl (C=O) groups excluding carboxylic acids is 1. The van der Waals surface area contributed by atoms with Gasteiger partial charge in [-0.25, -0.2) is 0 Å². The van der Waals surface area contributed by atoms with Crippen molar-refractivity contribution in [2.45, 2.75) is 43.4 Å². The molecule has 0 saturated heterocycles. The second kappa shape index (κ2) is 7.78. The Morgan fingerprint density at radius 2 is 2.20 bits per heavy atom. The molecule has 1 aliphatic rings. The van der Waals surface area contributed by atoms with E-state index in [4.69, 9.17) is 0 Å². The van der Waals surface area contributed by atoms with Crippen LogP contribution in [0.15, 0.2) is 17.0 Å². The van der Waals surface area contributed by atoms with E-state index < -0.39 is 0 Å². The molecular weight excluding hydrogens is 290 g/mol. The maximum atomic E-state index is 12.2. The van der Waals surface area contributed by atoms with Crippen LogP contribution in [0.3, 0.4) is 0 Å². The minimum atomic E-state index is 0.107. The fraction of sp³-hybridized carbons (Fsp3) is 0.643. The average molecular weight is 311 g/mol. The molecule has 110 valence electrons. The van der Waals surface area contributed by atoms with Gasteiger partial charge < -0.3 is 5.32 Å². The Morgan fingerprint density at radius 1 is 1.45 bits per heavy atom. The van der Waals surface area contributed by atoms with Crippen LogP contribution < -0.4 is 5.32 Å². The van der Waals surface area contributed by atoms with E-state index in [-0.39, 0.29) is 11.8 Å². The Morgan fingerprint density at radius 3 is 2.85 bits per heavy atom. The van der Waals surface area contributed by atoms with Gasteiger partial charge in [-0.05, 0) is 31.6 Å². The lowest BCUT2D eigenvalue weighted by molar-refractivity contribution is -0.121. The van der Waals surface area contributed by atoms with Crippen LogP contribution in [0, 0.1) is 11.8 Å². The highest BCUT2D eigenvalue weighted by Crippen LogP contribution is 2.32. The Balaban J connectivity index is 1.82. The number of rotatable bonds is 6. The molecule has 0 aromatic carbocycles. The van der Waals surface area contributed by atoms with Crippen LogP contribution in [0.5, 0.6) is 0 Å². The van der Waals surface area contributed by atoms with Gasteiger partial charge in [0.1, 0.15) is 0 Å². The molecule has 0 spiro atoms. The zero-order chi connectivity index (χ0) is 14.4. The minimum Gasteiger partial charge on any atom is -0.300 e. The van der Waals surface area contributed by atoms with Crippen molar-refractivity contribution in [3.05, 3.63) is 12.7 Å². The second-order valence-electron chi connectivity index (χ2n) is 5.09. The van der Waals surface area contributed by atoms with Crippen LogP contribution in [0.4, 0.5) is 5.13 Å². The van der Waals surface area contributed by atoms with E-state index >= 15 is 0 Å². The number of hydrogen-bond donors (Lipinski definition) is 1. The van der Waals surface area contributed by atoms with Crippen LogP contribution in [0.25, 0.3) is 0 Å². The van der Waals surface area contributed by atoms with Crippen molar-refractivity contribution in [1.82, 2.24) is 10.2 Å². The van der Waals surface area contributed by atoms with E-state index in [2.05, 4.69) is 29.0 Å². The van der Waals surface area contributed by atoms with Crippen LogP contribution in [-0.2, 0) is 4.79 Å². The van der Waals surface area contributed by atoms with Gasteiger partial charge in [0.25, 0.3) is 0 Å². The van der Waals surface area contributed by atoms with E-state index in [1.54, 1.807) is 11.8 Å². The van der Waals surface area contributed by atoms with Crippen LogP contribution in [-0.4, -0.2) is 21.9 Å². The fourth-order valence-electron chi connectivity index (χ4n) is 2.49. The molecule has 20 heavy (non-hydrogen) atoms. The van der Waals surface area contributed by atoms with Crippen molar-refractivity contribution in [3.8, 4) is 0 Å². The quantitative estimate of drug-likeness (QED) is 0.490. The predicted octanol–water partition coefficient (Wildman–Crippen LogP) is 3.97. The highest BCUT2D eigenvalue weighted by atomic mass is 32.2. The van der Waals surface area contributed by atoms with Crippen molar-refractivity contribution in [2.24, 2.45) is 11.8 Å². The summed E-state index contributed by atoms with van der Waals surface area (Å²) in [5, 5.41) is 11.6. The van der Waals surface area contributed by atoms with Crippen LogP contribution >= 0.6 is 23.1 Å². The van der Waals surface area contributed by atoms with Gasteiger partial charge in [-0.2, -0.15) is 0 Å². The van der Waals surface area contributed by atoms with E-state index in [0.29, 0.717) is 5.13 Å². The molecule has 1 saturated carbocycles. The number of anilines is 1. The first-order chi connectivity index (χ1) is 9.72. The van der Waals surface area contributed by atoms with Gasteiger partial charge in [0.05, 0.1) is 0 Å². The molecule has 0 aliphatic heterocycles. The summed E-state index contributed by atoms with van der Waals surface area (Å²) in [7, 11) is 0. The summed E-state index contributed by atoms with van der Waals surface area (Å²) < 4.78 is 0.870. The standard InChI is InChI=1S/C14H21N3OS2/c1-3-9-19-14-17-16-13(20-14)15-12(18)11-7-5-10(4-2)6-8-11/h3,10-11H,1,4-9H2,2H3,(H,15,16,18). The molecule has 4 nitrogen and oxygen atoms in total. The Kier molecular flexibility index (Phi) is 6.04. The molecular formula is C14H21N3OS2. The zero-order valence-electron chi connectivity index (χ0n) is 11.8. The monoisotopic (exact) mass is 311 g/mol. The average Bonchev–Trinajstić information content (AvgIpc) is 2.92. The third-order valence-electron chi connectivity index (χ3n) is 3.76. The molecule has 1 heterocycles. The molecule has 0 bridgehead atoms. The van der Waals surface area contributed by atoms with E-state index in [9.17, 15) is 4.79 Å². The summed E-state index contributed by atoms with van der Waals surface area (Å²) in [5.74, 6) is 1.87. The van der Waals surface area contributed by atoms with Gasteiger partial charge in [-0.3, -0.25) is 4.79 Å². The lowest BCUT2D eigenvalue weighted by Gasteiger charge is -2.26. The third kappa shape index (κ3) is 4.31. The maximum absolute atomic E-state index is 12.2. The number of carbonyl (C=O) groups is 1. The topological polar surface area (TPSA) is 54.9 Å². The fourth-order valence-corrected chi connectivity index (χ4v) is 4.01. The number of nitrogens with one attached hydrogen (secondary N) is 1. The summed E-state index contributed by atoms with van der Waals surface area (Å²) >= 11 is 3.01. The number of hydrogen-bond acceptors (Lipinski definition) is 5. The molecule has 2 rings (SSSR count). The number of thioether (sulfide) groups is 1. The van der Waals surface area contributed by atoms with Gasteiger partial charge in [0.2, 0.25) is 11.0 Å². The Bertz CT molecular complexity index is 453. The molecule has 1 N–H and O–H groups in total. The van der Waals surface area contributed by atoms with Crippen molar-refractivity contribution in [1.29, 1.82) is 0 Å². The lowest BCUT2D eigenvalue weighted by atomic mass is 9.80. The van der Waals surface area contributed by atoms with Crippen molar-refractivity contribution in [3.63, 3.8) is 0 Å². The van der Waals surface area contributed by atoms with E-state index in [0.717, 1.165) is 28.9 Å². The van der Waals surface area contributed by atoms with Gasteiger partial charge in [-0.1, -0.05) is 42.5 Å². The van der Waals surface area contributed by atoms with Crippen molar-refractivity contribution in [2.75, 3.05) is 11.1 Å². The Hall–Kier alpha value is -0.880. The zero-order valence-corrected chi connectivity index (χ0v) is 13.4. The molecule has 0 radical (unpaired) electrons. The summed E-state index contributed by atoms with van der Waals surface area (Å²) in [5.41, 5.74) is 0. The van der Waals surface area contributed by atoms with Gasteiger partial charge in [0, 0.05) is 11.7 Å². The van der Waals surface area contributed by atoms with Crippen LogP contribution in [0.1, 0.15) is 39.0 Å². The van der Waals surface area contributed by atoms with Crippen molar-refractivity contribution >= 4 is 34.1 Å². The molecule has 1 aromatic heterocycles. The first kappa shape index (κ1) is 15.5. The number of nitrogens with zero attached hydrogens (tertiary/aromatic N) is 2. The first-order valence-electron chi connectivity index (χ1n) is 7.11. The normalized spacial score (nSPS) is 22.4. The highest BCUT2D eigenvalue weighted by Gasteiger charge is 2.26. The SMILES string of the molecule is C=CCSc1nnc(NC(=O)C2CCC(CC)CC2)s1. The maximum Gasteiger partial charge on any atom is 0.229 e. The van der Waals surface area contributed by atoms with Crippen LogP contribution in [0.2, 0.25) is 0 Å². The largest absolute Gasteiger partial charge is 0.300 e. The van der Waals surface area contributed by atoms with E-state index in [1.165, 1.54) is 30.6 Å². The number of aromatic nitrogens is 2. The summed E-state index contributed by atoms with van der Waals surface area (Å²) in [6.45, 7) is 5.90. The van der Waals surface area contributed by atoms with Crippen molar-refractivity contribution < 1.29 is 4.79 Å². The van der Waals surface area contributed by atoms with Gasteiger partial charge in [-0.15, -0.1) is 16.8 Å². The molecule has 1 aromatic rings. The molecule has 6 heteroatoms. The minimum absolute atomic E-state index is 0.107. The molecule has 1 amide bonds. The van der Waals surface area contributed by atoms with Gasteiger partial charge in [0.15, 0.2) is 4.34 Å². The first-order valence-corrected chi connectivity index (χ1v) is 8.91. The van der Waals surface area contributed by atoms with E-state index in [1.807, 2.05) is 6.08 Å². The summed E-state index contributed by atoms with van der Waals surface area (Å²) in [4.78, 5) is 12.2. The Labute approximate surface area is 128 Å². The number of amides is 1. The lowest BCUT2D eigenvalue weighted by Crippen LogP contribution is -2.27. The molecule has 0 unspecified atom stereocenters. The van der Waals surface area contributed by atoms with Gasteiger partial charge >= 0.3 is 0 Å². The smallest absolute Gasteiger partial charge is 0.229 e. The molecule has 0 atom stereocenters. The third-order valence-corrected chi connectivity index (χ3v) is 5.72. The highest BCUT2D eigenvalue weighted by molar-refractivity contribution is 8.01. The summed E-state index contributed by atoms with van der Waals surface area (Å²) in [6, 6.07) is 0.